The third-order valence-corrected chi connectivity index (χ3v) is 3.87. The SMILES string of the molecule is CNC(=O)c1ccc(CNC(=O)c2cc(Cl)c(OC)c(OC)c2)cc1. The highest BCUT2D eigenvalue weighted by atomic mass is 35.5. The molecule has 25 heavy (non-hydrogen) atoms. The molecule has 2 N–H and O–H groups in total. The van der Waals surface area contributed by atoms with Gasteiger partial charge in [-0.05, 0) is 29.8 Å². The van der Waals surface area contributed by atoms with Gasteiger partial charge in [-0.25, -0.2) is 0 Å². The Morgan fingerprint density at radius 1 is 1.00 bits per heavy atom. The standard InChI is InChI=1S/C18H19ClN2O4/c1-20-17(22)12-6-4-11(5-7-12)10-21-18(23)13-8-14(19)16(25-3)15(9-13)24-2/h4-9H,10H2,1-3H3,(H,20,22)(H,21,23). The van der Waals surface area contributed by atoms with E-state index in [1.165, 1.54) is 20.3 Å². The molecule has 2 amide bonds. The first-order valence-electron chi connectivity index (χ1n) is 7.51. The maximum atomic E-state index is 12.3. The lowest BCUT2D eigenvalue weighted by atomic mass is 10.1. The van der Waals surface area contributed by atoms with E-state index in [1.807, 2.05) is 0 Å². The zero-order valence-electron chi connectivity index (χ0n) is 14.2. The van der Waals surface area contributed by atoms with Crippen molar-refractivity contribution in [2.24, 2.45) is 0 Å². The first-order valence-corrected chi connectivity index (χ1v) is 7.88. The van der Waals surface area contributed by atoms with E-state index in [4.69, 9.17) is 21.1 Å². The summed E-state index contributed by atoms with van der Waals surface area (Å²) in [6.45, 7) is 0.318. The van der Waals surface area contributed by atoms with Crippen molar-refractivity contribution in [3.05, 3.63) is 58.1 Å². The van der Waals surface area contributed by atoms with E-state index in [2.05, 4.69) is 10.6 Å². The highest BCUT2D eigenvalue weighted by Crippen LogP contribution is 2.35. The number of benzene rings is 2. The van der Waals surface area contributed by atoms with E-state index in [0.717, 1.165) is 5.56 Å². The van der Waals surface area contributed by atoms with Gasteiger partial charge in [0.15, 0.2) is 11.5 Å². The second kappa shape index (κ2) is 8.39. The molecular weight excluding hydrogens is 344 g/mol. The largest absolute Gasteiger partial charge is 0.493 e. The van der Waals surface area contributed by atoms with Gasteiger partial charge in [-0.3, -0.25) is 9.59 Å². The molecule has 0 bridgehead atoms. The molecule has 0 saturated heterocycles. The number of rotatable bonds is 6. The Morgan fingerprint density at radius 3 is 2.24 bits per heavy atom. The summed E-state index contributed by atoms with van der Waals surface area (Å²) in [6.07, 6.45) is 0. The van der Waals surface area contributed by atoms with Gasteiger partial charge in [0.1, 0.15) is 0 Å². The first kappa shape index (κ1) is 18.6. The second-order valence-electron chi connectivity index (χ2n) is 5.15. The smallest absolute Gasteiger partial charge is 0.251 e. The van der Waals surface area contributed by atoms with Crippen LogP contribution in [-0.4, -0.2) is 33.1 Å². The van der Waals surface area contributed by atoms with E-state index in [-0.39, 0.29) is 11.8 Å². The minimum absolute atomic E-state index is 0.157. The highest BCUT2D eigenvalue weighted by Gasteiger charge is 2.15. The van der Waals surface area contributed by atoms with Gasteiger partial charge in [-0.15, -0.1) is 0 Å². The molecule has 0 radical (unpaired) electrons. The minimum atomic E-state index is -0.293. The Hall–Kier alpha value is -2.73. The van der Waals surface area contributed by atoms with Gasteiger partial charge < -0.3 is 20.1 Å². The topological polar surface area (TPSA) is 76.7 Å². The van der Waals surface area contributed by atoms with Crippen molar-refractivity contribution in [3.8, 4) is 11.5 Å². The number of carbonyl (C=O) groups is 2. The third kappa shape index (κ3) is 4.42. The molecular formula is C18H19ClN2O4. The van der Waals surface area contributed by atoms with Crippen LogP contribution in [0.25, 0.3) is 0 Å². The Kier molecular flexibility index (Phi) is 6.25. The molecule has 0 aliphatic heterocycles. The quantitative estimate of drug-likeness (QED) is 0.828. The van der Waals surface area contributed by atoms with Crippen LogP contribution in [0.1, 0.15) is 26.3 Å². The number of nitrogens with one attached hydrogen (secondary N) is 2. The van der Waals surface area contributed by atoms with Gasteiger partial charge in [-0.2, -0.15) is 0 Å². The van der Waals surface area contributed by atoms with E-state index in [0.29, 0.717) is 34.2 Å². The van der Waals surface area contributed by atoms with Gasteiger partial charge in [0.05, 0.1) is 19.2 Å². The highest BCUT2D eigenvalue weighted by molar-refractivity contribution is 6.32. The molecule has 0 fully saturated rings. The Balaban J connectivity index is 2.07. The molecule has 0 spiro atoms. The number of hydrogen-bond donors (Lipinski definition) is 2. The fraction of sp³-hybridized carbons (Fsp3) is 0.222. The van der Waals surface area contributed by atoms with Crippen molar-refractivity contribution < 1.29 is 19.1 Å². The number of halogens is 1. The molecule has 6 nitrogen and oxygen atoms in total. The van der Waals surface area contributed by atoms with Crippen molar-refractivity contribution in [1.82, 2.24) is 10.6 Å². The van der Waals surface area contributed by atoms with Crippen molar-refractivity contribution in [2.75, 3.05) is 21.3 Å². The number of carbonyl (C=O) groups excluding carboxylic acids is 2. The summed E-state index contributed by atoms with van der Waals surface area (Å²) in [5, 5.41) is 5.65. The molecule has 0 atom stereocenters. The van der Waals surface area contributed by atoms with Crippen LogP contribution in [0.5, 0.6) is 11.5 Å². The Bertz CT molecular complexity index is 775. The molecule has 0 aromatic heterocycles. The van der Waals surface area contributed by atoms with Crippen LogP contribution in [0.15, 0.2) is 36.4 Å². The van der Waals surface area contributed by atoms with Crippen LogP contribution < -0.4 is 20.1 Å². The van der Waals surface area contributed by atoms with Gasteiger partial charge in [0.2, 0.25) is 0 Å². The van der Waals surface area contributed by atoms with Crippen molar-refractivity contribution in [1.29, 1.82) is 0 Å². The summed E-state index contributed by atoms with van der Waals surface area (Å²) in [6, 6.07) is 10.1. The minimum Gasteiger partial charge on any atom is -0.493 e. The van der Waals surface area contributed by atoms with Crippen molar-refractivity contribution >= 4 is 23.4 Å². The molecule has 7 heteroatoms. The van der Waals surface area contributed by atoms with Crippen LogP contribution in [-0.2, 0) is 6.54 Å². The molecule has 2 aromatic carbocycles. The molecule has 0 aliphatic carbocycles. The van der Waals surface area contributed by atoms with Crippen LogP contribution in [0.4, 0.5) is 0 Å². The molecule has 0 aliphatic rings. The average Bonchev–Trinajstić information content (AvgIpc) is 2.65. The molecule has 0 unspecified atom stereocenters. The van der Waals surface area contributed by atoms with Crippen LogP contribution in [0, 0.1) is 0 Å². The summed E-state index contributed by atoms with van der Waals surface area (Å²) >= 11 is 6.11. The monoisotopic (exact) mass is 362 g/mol. The number of hydrogen-bond acceptors (Lipinski definition) is 4. The predicted octanol–water partition coefficient (Wildman–Crippen LogP) is 2.65. The summed E-state index contributed by atoms with van der Waals surface area (Å²) in [7, 11) is 4.53. The predicted molar refractivity (Wildman–Crippen MR) is 95.6 cm³/mol. The summed E-state index contributed by atoms with van der Waals surface area (Å²) in [5.74, 6) is 0.314. The number of ether oxygens (including phenoxy) is 2. The van der Waals surface area contributed by atoms with Crippen molar-refractivity contribution in [3.63, 3.8) is 0 Å². The Labute approximate surface area is 151 Å². The van der Waals surface area contributed by atoms with Crippen molar-refractivity contribution in [2.45, 2.75) is 6.54 Å². The fourth-order valence-electron chi connectivity index (χ4n) is 2.25. The number of methoxy groups -OCH3 is 2. The van der Waals surface area contributed by atoms with E-state index < -0.39 is 0 Å². The maximum absolute atomic E-state index is 12.3. The van der Waals surface area contributed by atoms with Gasteiger partial charge in [0, 0.05) is 24.7 Å². The van der Waals surface area contributed by atoms with Gasteiger partial charge >= 0.3 is 0 Å². The lowest BCUT2D eigenvalue weighted by molar-refractivity contribution is 0.0945. The zero-order valence-corrected chi connectivity index (χ0v) is 14.9. The lowest BCUT2D eigenvalue weighted by Crippen LogP contribution is -2.23. The maximum Gasteiger partial charge on any atom is 0.251 e. The fourth-order valence-corrected chi connectivity index (χ4v) is 2.54. The van der Waals surface area contributed by atoms with Crippen LogP contribution >= 0.6 is 11.6 Å². The van der Waals surface area contributed by atoms with Gasteiger partial charge in [0.25, 0.3) is 11.8 Å². The molecule has 0 saturated carbocycles. The second-order valence-corrected chi connectivity index (χ2v) is 5.56. The molecule has 0 heterocycles. The van der Waals surface area contributed by atoms with E-state index >= 15 is 0 Å². The zero-order chi connectivity index (χ0) is 18.4. The summed E-state index contributed by atoms with van der Waals surface area (Å²) < 4.78 is 10.3. The van der Waals surface area contributed by atoms with Crippen LogP contribution in [0.3, 0.4) is 0 Å². The van der Waals surface area contributed by atoms with Crippen LogP contribution in [0.2, 0.25) is 5.02 Å². The Morgan fingerprint density at radius 2 is 1.68 bits per heavy atom. The summed E-state index contributed by atoms with van der Waals surface area (Å²) in [4.78, 5) is 23.8. The first-order chi connectivity index (χ1) is 12.0. The summed E-state index contributed by atoms with van der Waals surface area (Å²) in [5.41, 5.74) is 1.79. The molecule has 2 aromatic rings. The molecule has 2 rings (SSSR count). The normalized spacial score (nSPS) is 10.1. The average molecular weight is 363 g/mol. The van der Waals surface area contributed by atoms with Gasteiger partial charge in [-0.1, -0.05) is 23.7 Å². The molecule has 132 valence electrons. The van der Waals surface area contributed by atoms with E-state index in [9.17, 15) is 9.59 Å². The lowest BCUT2D eigenvalue weighted by Gasteiger charge is -2.12. The number of amides is 2. The third-order valence-electron chi connectivity index (χ3n) is 3.59. The van der Waals surface area contributed by atoms with E-state index in [1.54, 1.807) is 37.4 Å².